The first kappa shape index (κ1) is 10.8. The second-order valence-corrected chi connectivity index (χ2v) is 3.62. The first-order chi connectivity index (χ1) is 6.63. The zero-order valence-corrected chi connectivity index (χ0v) is 8.34. The third kappa shape index (κ3) is 2.91. The smallest absolute Gasteiger partial charge is 0.405 e. The van der Waals surface area contributed by atoms with E-state index in [0.29, 0.717) is 10.8 Å². The van der Waals surface area contributed by atoms with Crippen molar-refractivity contribution in [1.82, 2.24) is 5.32 Å². The van der Waals surface area contributed by atoms with Crippen molar-refractivity contribution in [3.8, 4) is 0 Å². The fourth-order valence-corrected chi connectivity index (χ4v) is 1.87. The molecule has 1 heterocycles. The van der Waals surface area contributed by atoms with E-state index in [-0.39, 0.29) is 12.5 Å². The molecule has 1 rings (SSSR count). The minimum absolute atomic E-state index is 0.146. The standard InChI is InChI=1S/C7H10N2O4S/c1-13-6(10)4-3-14-5(9-4)2-8-7(11)12/h4,8H,2-3H2,1H3,(H,11,12)/t4-/m0/s1. The molecule has 0 aliphatic carbocycles. The molecule has 2 N–H and O–H groups in total. The molecule has 0 spiro atoms. The van der Waals surface area contributed by atoms with Crippen LogP contribution in [0.3, 0.4) is 0 Å². The van der Waals surface area contributed by atoms with Crippen LogP contribution in [0.4, 0.5) is 4.79 Å². The van der Waals surface area contributed by atoms with Crippen molar-refractivity contribution in [2.45, 2.75) is 6.04 Å². The summed E-state index contributed by atoms with van der Waals surface area (Å²) in [5.41, 5.74) is 0. The fraction of sp³-hybridized carbons (Fsp3) is 0.571. The number of carbonyl (C=O) groups is 2. The molecule has 0 aromatic heterocycles. The lowest BCUT2D eigenvalue weighted by Gasteiger charge is -2.00. The van der Waals surface area contributed by atoms with Gasteiger partial charge >= 0.3 is 12.1 Å². The summed E-state index contributed by atoms with van der Waals surface area (Å²) in [6.07, 6.45) is -1.10. The molecule has 0 aromatic rings. The lowest BCUT2D eigenvalue weighted by molar-refractivity contribution is -0.141. The van der Waals surface area contributed by atoms with Gasteiger partial charge in [-0.2, -0.15) is 0 Å². The quantitative estimate of drug-likeness (QED) is 0.648. The number of methoxy groups -OCH3 is 1. The third-order valence-electron chi connectivity index (χ3n) is 1.57. The number of carbonyl (C=O) groups excluding carboxylic acids is 1. The van der Waals surface area contributed by atoms with E-state index in [1.165, 1.54) is 18.9 Å². The minimum atomic E-state index is -1.10. The van der Waals surface area contributed by atoms with Crippen LogP contribution in [0, 0.1) is 0 Å². The van der Waals surface area contributed by atoms with E-state index in [4.69, 9.17) is 5.11 Å². The summed E-state index contributed by atoms with van der Waals surface area (Å²) in [4.78, 5) is 25.2. The third-order valence-corrected chi connectivity index (χ3v) is 2.64. The van der Waals surface area contributed by atoms with E-state index < -0.39 is 12.1 Å². The van der Waals surface area contributed by atoms with E-state index in [2.05, 4.69) is 15.0 Å². The van der Waals surface area contributed by atoms with Crippen LogP contribution in [-0.4, -0.2) is 47.7 Å². The van der Waals surface area contributed by atoms with Gasteiger partial charge in [-0.05, 0) is 0 Å². The van der Waals surface area contributed by atoms with Crippen LogP contribution in [0.2, 0.25) is 0 Å². The number of carboxylic acid groups (broad SMARTS) is 1. The molecule has 0 fully saturated rings. The van der Waals surface area contributed by atoms with Crippen molar-refractivity contribution >= 4 is 28.9 Å². The molecule has 0 radical (unpaired) electrons. The molecule has 1 atom stereocenters. The van der Waals surface area contributed by atoms with Crippen LogP contribution in [0.5, 0.6) is 0 Å². The van der Waals surface area contributed by atoms with Crippen molar-refractivity contribution in [2.24, 2.45) is 4.99 Å². The summed E-state index contributed by atoms with van der Waals surface area (Å²) in [6, 6.07) is -0.490. The summed E-state index contributed by atoms with van der Waals surface area (Å²) < 4.78 is 4.51. The number of aliphatic imine (C=N–C) groups is 1. The molecular weight excluding hydrogens is 208 g/mol. The zero-order valence-electron chi connectivity index (χ0n) is 7.52. The number of hydrogen-bond donors (Lipinski definition) is 2. The molecule has 0 aromatic carbocycles. The summed E-state index contributed by atoms with van der Waals surface area (Å²) >= 11 is 1.36. The van der Waals surface area contributed by atoms with Gasteiger partial charge < -0.3 is 15.2 Å². The molecule has 1 aliphatic heterocycles. The van der Waals surface area contributed by atoms with Crippen molar-refractivity contribution in [3.63, 3.8) is 0 Å². The molecule has 0 saturated carbocycles. The van der Waals surface area contributed by atoms with Gasteiger partial charge in [-0.3, -0.25) is 4.99 Å². The first-order valence-electron chi connectivity index (χ1n) is 3.87. The molecule has 0 unspecified atom stereocenters. The number of hydrogen-bond acceptors (Lipinski definition) is 5. The van der Waals surface area contributed by atoms with E-state index in [9.17, 15) is 9.59 Å². The van der Waals surface area contributed by atoms with Gasteiger partial charge in [-0.15, -0.1) is 11.8 Å². The summed E-state index contributed by atoms with van der Waals surface area (Å²) in [6.45, 7) is 0.146. The average molecular weight is 218 g/mol. The van der Waals surface area contributed by atoms with Crippen LogP contribution >= 0.6 is 11.8 Å². The number of esters is 1. The van der Waals surface area contributed by atoms with Crippen molar-refractivity contribution in [2.75, 3.05) is 19.4 Å². The SMILES string of the molecule is COC(=O)[C@@H]1CSC(CNC(=O)O)=N1. The number of rotatable bonds is 3. The van der Waals surface area contributed by atoms with Crippen molar-refractivity contribution in [3.05, 3.63) is 0 Å². The zero-order chi connectivity index (χ0) is 10.6. The van der Waals surface area contributed by atoms with Gasteiger partial charge in [0.05, 0.1) is 18.7 Å². The highest BCUT2D eigenvalue weighted by Crippen LogP contribution is 2.18. The Labute approximate surface area is 84.7 Å². The van der Waals surface area contributed by atoms with Crippen LogP contribution in [0.25, 0.3) is 0 Å². The Bertz CT molecular complexity index is 279. The minimum Gasteiger partial charge on any atom is -0.467 e. The molecule has 0 saturated heterocycles. The molecule has 1 aliphatic rings. The van der Waals surface area contributed by atoms with Gasteiger partial charge in [0.1, 0.15) is 0 Å². The Balaban J connectivity index is 2.42. The number of amides is 1. The molecule has 1 amide bonds. The maximum absolute atomic E-state index is 11.0. The highest BCUT2D eigenvalue weighted by molar-refractivity contribution is 8.14. The molecule has 78 valence electrons. The largest absolute Gasteiger partial charge is 0.467 e. The Morgan fingerprint density at radius 1 is 1.79 bits per heavy atom. The predicted octanol–water partition coefficient (Wildman–Crippen LogP) is -0.0591. The van der Waals surface area contributed by atoms with Gasteiger partial charge in [-0.25, -0.2) is 9.59 Å². The number of nitrogens with one attached hydrogen (secondary N) is 1. The van der Waals surface area contributed by atoms with Gasteiger partial charge in [0, 0.05) is 5.75 Å². The van der Waals surface area contributed by atoms with E-state index in [0.717, 1.165) is 0 Å². The highest BCUT2D eigenvalue weighted by atomic mass is 32.2. The molecule has 7 heteroatoms. The van der Waals surface area contributed by atoms with Crippen LogP contribution in [-0.2, 0) is 9.53 Å². The Morgan fingerprint density at radius 3 is 3.07 bits per heavy atom. The van der Waals surface area contributed by atoms with E-state index >= 15 is 0 Å². The van der Waals surface area contributed by atoms with Crippen molar-refractivity contribution in [1.29, 1.82) is 0 Å². The van der Waals surface area contributed by atoms with Crippen LogP contribution < -0.4 is 5.32 Å². The average Bonchev–Trinajstić information content (AvgIpc) is 2.62. The highest BCUT2D eigenvalue weighted by Gasteiger charge is 2.25. The number of thioether (sulfide) groups is 1. The predicted molar refractivity (Wildman–Crippen MR) is 51.7 cm³/mol. The lowest BCUT2D eigenvalue weighted by Crippen LogP contribution is -2.26. The molecule has 0 bridgehead atoms. The molecule has 6 nitrogen and oxygen atoms in total. The van der Waals surface area contributed by atoms with Crippen molar-refractivity contribution < 1.29 is 19.4 Å². The first-order valence-corrected chi connectivity index (χ1v) is 4.86. The Kier molecular flexibility index (Phi) is 3.75. The fourth-order valence-electron chi connectivity index (χ4n) is 0.928. The molecular formula is C7H10N2O4S. The summed E-state index contributed by atoms with van der Waals surface area (Å²) in [5, 5.41) is 11.1. The maximum atomic E-state index is 11.0. The normalized spacial score (nSPS) is 20.1. The number of nitrogens with zero attached hydrogens (tertiary/aromatic N) is 1. The van der Waals surface area contributed by atoms with Gasteiger partial charge in [0.15, 0.2) is 6.04 Å². The van der Waals surface area contributed by atoms with E-state index in [1.807, 2.05) is 0 Å². The summed E-state index contributed by atoms with van der Waals surface area (Å²) in [7, 11) is 1.30. The van der Waals surface area contributed by atoms with Gasteiger partial charge in [-0.1, -0.05) is 0 Å². The van der Waals surface area contributed by atoms with Crippen LogP contribution in [0.15, 0.2) is 4.99 Å². The Morgan fingerprint density at radius 2 is 2.50 bits per heavy atom. The van der Waals surface area contributed by atoms with Gasteiger partial charge in [0.25, 0.3) is 0 Å². The lowest BCUT2D eigenvalue weighted by atomic mass is 10.4. The van der Waals surface area contributed by atoms with Crippen LogP contribution in [0.1, 0.15) is 0 Å². The topological polar surface area (TPSA) is 88.0 Å². The number of ether oxygens (including phenoxy) is 1. The second kappa shape index (κ2) is 4.85. The Hall–Kier alpha value is -1.24. The van der Waals surface area contributed by atoms with Gasteiger partial charge in [0.2, 0.25) is 0 Å². The van der Waals surface area contributed by atoms with E-state index in [1.54, 1.807) is 0 Å². The monoisotopic (exact) mass is 218 g/mol. The molecule has 14 heavy (non-hydrogen) atoms. The second-order valence-electron chi connectivity index (χ2n) is 2.53. The maximum Gasteiger partial charge on any atom is 0.405 e. The summed E-state index contributed by atoms with van der Waals surface area (Å²) in [5.74, 6) is 0.131.